The summed E-state index contributed by atoms with van der Waals surface area (Å²) in [7, 11) is 1.56. The maximum Gasteiger partial charge on any atom is 0.271 e. The van der Waals surface area contributed by atoms with Crippen molar-refractivity contribution in [3.63, 3.8) is 0 Å². The zero-order valence-corrected chi connectivity index (χ0v) is 20.3. The van der Waals surface area contributed by atoms with Gasteiger partial charge in [0.05, 0.1) is 17.2 Å². The molecule has 0 radical (unpaired) electrons. The predicted octanol–water partition coefficient (Wildman–Crippen LogP) is 6.77. The van der Waals surface area contributed by atoms with Crippen molar-refractivity contribution in [3.05, 3.63) is 98.7 Å². The van der Waals surface area contributed by atoms with Gasteiger partial charge in [0.1, 0.15) is 23.1 Å². The van der Waals surface area contributed by atoms with E-state index in [9.17, 15) is 9.18 Å². The number of carbonyl (C=O) groups is 1. The van der Waals surface area contributed by atoms with Crippen molar-refractivity contribution in [2.24, 2.45) is 0 Å². The van der Waals surface area contributed by atoms with Gasteiger partial charge in [-0.25, -0.2) is 9.37 Å². The molecular formula is C25H19Cl2FN2O3S. The summed E-state index contributed by atoms with van der Waals surface area (Å²) in [5.41, 5.74) is 2.77. The highest BCUT2D eigenvalue weighted by molar-refractivity contribution is 7.13. The zero-order valence-electron chi connectivity index (χ0n) is 18.0. The summed E-state index contributed by atoms with van der Waals surface area (Å²) in [5.74, 6) is 0.474. The van der Waals surface area contributed by atoms with Crippen LogP contribution in [0.15, 0.2) is 66.0 Å². The summed E-state index contributed by atoms with van der Waals surface area (Å²) in [6, 6.07) is 16.7. The van der Waals surface area contributed by atoms with Gasteiger partial charge in [-0.05, 0) is 53.6 Å². The number of nitrogens with one attached hydrogen (secondary N) is 1. The Morgan fingerprint density at radius 2 is 1.76 bits per heavy atom. The monoisotopic (exact) mass is 516 g/mol. The van der Waals surface area contributed by atoms with E-state index < -0.39 is 0 Å². The van der Waals surface area contributed by atoms with Gasteiger partial charge < -0.3 is 14.8 Å². The summed E-state index contributed by atoms with van der Waals surface area (Å²) in [6.07, 6.45) is 0. The second kappa shape index (κ2) is 10.9. The molecule has 4 rings (SSSR count). The van der Waals surface area contributed by atoms with Gasteiger partial charge in [0.25, 0.3) is 5.91 Å². The van der Waals surface area contributed by atoms with Crippen molar-refractivity contribution < 1.29 is 18.7 Å². The van der Waals surface area contributed by atoms with Crippen molar-refractivity contribution in [1.29, 1.82) is 0 Å². The standard InChI is InChI=1S/C25H19Cl2FN2O3S/c1-32-23-11-17(5-9-22(23)33-13-16-4-8-19(26)20(27)10-16)25-30-21(14-34-25)24(31)29-12-15-2-6-18(28)7-3-15/h2-11,14H,12-13H2,1H3,(H,29,31). The number of methoxy groups -OCH3 is 1. The maximum atomic E-state index is 13.0. The predicted molar refractivity (Wildman–Crippen MR) is 132 cm³/mol. The summed E-state index contributed by atoms with van der Waals surface area (Å²) in [4.78, 5) is 16.9. The quantitative estimate of drug-likeness (QED) is 0.280. The van der Waals surface area contributed by atoms with Gasteiger partial charge in [-0.3, -0.25) is 4.79 Å². The van der Waals surface area contributed by atoms with E-state index in [1.165, 1.54) is 23.5 Å². The Morgan fingerprint density at radius 3 is 2.50 bits per heavy atom. The Labute approximate surface area is 210 Å². The van der Waals surface area contributed by atoms with Crippen LogP contribution in [0, 0.1) is 5.82 Å². The van der Waals surface area contributed by atoms with Gasteiger partial charge in [-0.2, -0.15) is 0 Å². The molecule has 0 unspecified atom stereocenters. The van der Waals surface area contributed by atoms with Crippen LogP contribution in [-0.4, -0.2) is 18.0 Å². The van der Waals surface area contributed by atoms with Gasteiger partial charge in [-0.1, -0.05) is 41.4 Å². The van der Waals surface area contributed by atoms with E-state index in [2.05, 4.69) is 10.3 Å². The molecule has 0 aliphatic heterocycles. The average molecular weight is 517 g/mol. The molecule has 0 fully saturated rings. The minimum atomic E-state index is -0.319. The highest BCUT2D eigenvalue weighted by Crippen LogP contribution is 2.34. The lowest BCUT2D eigenvalue weighted by atomic mass is 10.2. The van der Waals surface area contributed by atoms with E-state index in [-0.39, 0.29) is 18.3 Å². The molecule has 1 N–H and O–H groups in total. The summed E-state index contributed by atoms with van der Waals surface area (Å²) < 4.78 is 24.4. The minimum absolute atomic E-state index is 0.282. The van der Waals surface area contributed by atoms with Crippen LogP contribution in [0.3, 0.4) is 0 Å². The molecule has 0 atom stereocenters. The first-order valence-corrected chi connectivity index (χ1v) is 11.8. The molecule has 1 amide bonds. The molecule has 5 nitrogen and oxygen atoms in total. The van der Waals surface area contributed by atoms with Crippen LogP contribution in [0.5, 0.6) is 11.5 Å². The first-order valence-electron chi connectivity index (χ1n) is 10.2. The number of halogens is 3. The van der Waals surface area contributed by atoms with Crippen molar-refractivity contribution in [1.82, 2.24) is 10.3 Å². The molecule has 0 saturated heterocycles. The second-order valence-electron chi connectivity index (χ2n) is 7.25. The van der Waals surface area contributed by atoms with E-state index in [0.717, 1.165) is 16.7 Å². The van der Waals surface area contributed by atoms with Crippen LogP contribution in [0.25, 0.3) is 10.6 Å². The first kappa shape index (κ1) is 24.0. The molecular weight excluding hydrogens is 498 g/mol. The fourth-order valence-electron chi connectivity index (χ4n) is 3.10. The van der Waals surface area contributed by atoms with Gasteiger partial charge >= 0.3 is 0 Å². The van der Waals surface area contributed by atoms with Gasteiger partial charge in [0.2, 0.25) is 0 Å². The smallest absolute Gasteiger partial charge is 0.271 e. The minimum Gasteiger partial charge on any atom is -0.493 e. The molecule has 9 heteroatoms. The van der Waals surface area contributed by atoms with Crippen LogP contribution >= 0.6 is 34.5 Å². The number of carbonyl (C=O) groups excluding carboxylic acids is 1. The number of amides is 1. The van der Waals surface area contributed by atoms with E-state index >= 15 is 0 Å². The number of aromatic nitrogens is 1. The Kier molecular flexibility index (Phi) is 7.67. The Hall–Kier alpha value is -3.13. The van der Waals surface area contributed by atoms with Gasteiger partial charge in [-0.15, -0.1) is 11.3 Å². The highest BCUT2D eigenvalue weighted by Gasteiger charge is 2.14. The third-order valence-electron chi connectivity index (χ3n) is 4.89. The van der Waals surface area contributed by atoms with Gasteiger partial charge in [0, 0.05) is 17.5 Å². The lowest BCUT2D eigenvalue weighted by Crippen LogP contribution is -2.23. The number of thiazole rings is 1. The fourth-order valence-corrected chi connectivity index (χ4v) is 4.21. The molecule has 1 heterocycles. The van der Waals surface area contributed by atoms with Crippen LogP contribution in [0.4, 0.5) is 4.39 Å². The zero-order chi connectivity index (χ0) is 24.1. The van der Waals surface area contributed by atoms with Crippen molar-refractivity contribution >= 4 is 40.4 Å². The molecule has 3 aromatic carbocycles. The van der Waals surface area contributed by atoms with Crippen LogP contribution in [0.1, 0.15) is 21.6 Å². The largest absolute Gasteiger partial charge is 0.493 e. The van der Waals surface area contributed by atoms with Crippen LogP contribution < -0.4 is 14.8 Å². The number of hydrogen-bond donors (Lipinski definition) is 1. The molecule has 0 saturated carbocycles. The normalized spacial score (nSPS) is 10.7. The third-order valence-corrected chi connectivity index (χ3v) is 6.52. The Balaban J connectivity index is 1.42. The van der Waals surface area contributed by atoms with Crippen molar-refractivity contribution in [2.45, 2.75) is 13.2 Å². The fraction of sp³-hybridized carbons (Fsp3) is 0.120. The molecule has 1 aromatic heterocycles. The molecule has 0 aliphatic carbocycles. The number of hydrogen-bond acceptors (Lipinski definition) is 5. The molecule has 174 valence electrons. The summed E-state index contributed by atoms with van der Waals surface area (Å²) >= 11 is 13.4. The van der Waals surface area contributed by atoms with Crippen LogP contribution in [0.2, 0.25) is 10.0 Å². The highest BCUT2D eigenvalue weighted by atomic mass is 35.5. The second-order valence-corrected chi connectivity index (χ2v) is 8.92. The summed E-state index contributed by atoms with van der Waals surface area (Å²) in [5, 5.41) is 6.10. The van der Waals surface area contributed by atoms with Gasteiger partial charge in [0.15, 0.2) is 11.5 Å². The number of rotatable bonds is 8. The molecule has 0 aliphatic rings. The molecule has 4 aromatic rings. The summed E-state index contributed by atoms with van der Waals surface area (Å²) in [6.45, 7) is 0.576. The van der Waals surface area contributed by atoms with E-state index in [1.54, 1.807) is 42.8 Å². The topological polar surface area (TPSA) is 60.5 Å². The molecule has 0 spiro atoms. The number of benzene rings is 3. The van der Waals surface area contributed by atoms with Crippen LogP contribution in [-0.2, 0) is 13.2 Å². The van der Waals surface area contributed by atoms with E-state index in [0.29, 0.717) is 38.9 Å². The third kappa shape index (κ3) is 5.86. The SMILES string of the molecule is COc1cc(-c2nc(C(=O)NCc3ccc(F)cc3)cs2)ccc1OCc1ccc(Cl)c(Cl)c1. The lowest BCUT2D eigenvalue weighted by Gasteiger charge is -2.12. The maximum absolute atomic E-state index is 13.0. The van der Waals surface area contributed by atoms with Crippen molar-refractivity contribution in [2.75, 3.05) is 7.11 Å². The number of ether oxygens (including phenoxy) is 2. The Morgan fingerprint density at radius 1 is 1.00 bits per heavy atom. The Bertz CT molecular complexity index is 1310. The number of nitrogens with zero attached hydrogens (tertiary/aromatic N) is 1. The first-order chi connectivity index (χ1) is 16.4. The lowest BCUT2D eigenvalue weighted by molar-refractivity contribution is 0.0946. The van der Waals surface area contributed by atoms with Crippen molar-refractivity contribution in [3.8, 4) is 22.1 Å². The average Bonchev–Trinajstić information content (AvgIpc) is 3.34. The van der Waals surface area contributed by atoms with E-state index in [1.807, 2.05) is 18.2 Å². The molecule has 0 bridgehead atoms. The molecule has 34 heavy (non-hydrogen) atoms. The van der Waals surface area contributed by atoms with E-state index in [4.69, 9.17) is 32.7 Å².